The molecule has 0 radical (unpaired) electrons. The number of fused-ring (bicyclic) bond motifs is 1. The lowest BCUT2D eigenvalue weighted by Crippen LogP contribution is -2.10. The molecular formula is C12H16O. The van der Waals surface area contributed by atoms with E-state index in [4.69, 9.17) is 5.11 Å². The Labute approximate surface area is 79.4 Å². The molecule has 0 saturated carbocycles. The fourth-order valence-corrected chi connectivity index (χ4v) is 2.31. The van der Waals surface area contributed by atoms with E-state index in [9.17, 15) is 0 Å². The van der Waals surface area contributed by atoms with Gasteiger partial charge in [0.25, 0.3) is 0 Å². The molecule has 2 atom stereocenters. The smallest absolute Gasteiger partial charge is 0.0462 e. The maximum atomic E-state index is 9.12. The zero-order valence-corrected chi connectivity index (χ0v) is 8.03. The lowest BCUT2D eigenvalue weighted by atomic mass is 9.89. The van der Waals surface area contributed by atoms with Crippen molar-refractivity contribution >= 4 is 0 Å². The first-order chi connectivity index (χ1) is 6.33. The summed E-state index contributed by atoms with van der Waals surface area (Å²) < 4.78 is 0. The van der Waals surface area contributed by atoms with Crippen molar-refractivity contribution < 1.29 is 5.11 Å². The molecule has 2 rings (SSSR count). The van der Waals surface area contributed by atoms with Crippen molar-refractivity contribution in [3.05, 3.63) is 35.4 Å². The van der Waals surface area contributed by atoms with E-state index in [1.807, 2.05) is 0 Å². The second kappa shape index (κ2) is 3.51. The summed E-state index contributed by atoms with van der Waals surface area (Å²) >= 11 is 0. The topological polar surface area (TPSA) is 20.2 Å². The van der Waals surface area contributed by atoms with Crippen LogP contribution in [0.1, 0.15) is 30.4 Å². The normalized spacial score (nSPS) is 22.8. The van der Waals surface area contributed by atoms with Gasteiger partial charge in [0, 0.05) is 6.61 Å². The molecule has 1 aromatic rings. The van der Waals surface area contributed by atoms with Gasteiger partial charge in [-0.15, -0.1) is 0 Å². The predicted octanol–water partition coefficient (Wildman–Crippen LogP) is 2.34. The van der Waals surface area contributed by atoms with Crippen molar-refractivity contribution in [3.8, 4) is 0 Å². The predicted molar refractivity (Wildman–Crippen MR) is 53.8 cm³/mol. The summed E-state index contributed by atoms with van der Waals surface area (Å²) in [6, 6.07) is 8.62. The molecule has 0 aliphatic heterocycles. The van der Waals surface area contributed by atoms with Crippen LogP contribution in [0.15, 0.2) is 24.3 Å². The molecule has 13 heavy (non-hydrogen) atoms. The van der Waals surface area contributed by atoms with Gasteiger partial charge in [0.1, 0.15) is 0 Å². The number of hydrogen-bond acceptors (Lipinski definition) is 1. The van der Waals surface area contributed by atoms with E-state index in [0.717, 1.165) is 0 Å². The third kappa shape index (κ3) is 1.49. The SMILES string of the molecule is C[C@@H](CO)C1CCc2ccccc21. The molecule has 70 valence electrons. The van der Waals surface area contributed by atoms with Crippen molar-refractivity contribution in [1.82, 2.24) is 0 Å². The van der Waals surface area contributed by atoms with E-state index in [1.54, 1.807) is 0 Å². The molecule has 1 heteroatoms. The fourth-order valence-electron chi connectivity index (χ4n) is 2.31. The average Bonchev–Trinajstić information content (AvgIpc) is 2.60. The molecule has 0 fully saturated rings. The van der Waals surface area contributed by atoms with E-state index in [2.05, 4.69) is 31.2 Å². The quantitative estimate of drug-likeness (QED) is 0.733. The van der Waals surface area contributed by atoms with Gasteiger partial charge in [0.15, 0.2) is 0 Å². The van der Waals surface area contributed by atoms with Crippen LogP contribution in [-0.2, 0) is 6.42 Å². The highest BCUT2D eigenvalue weighted by Crippen LogP contribution is 2.37. The summed E-state index contributed by atoms with van der Waals surface area (Å²) in [5.74, 6) is 0.991. The number of aliphatic hydroxyl groups is 1. The molecule has 1 aromatic carbocycles. The Kier molecular flexibility index (Phi) is 2.36. The molecule has 0 spiro atoms. The van der Waals surface area contributed by atoms with Gasteiger partial charge in [-0.25, -0.2) is 0 Å². The summed E-state index contributed by atoms with van der Waals surface area (Å²) in [6.45, 7) is 2.44. The molecule has 0 bridgehead atoms. The van der Waals surface area contributed by atoms with Crippen molar-refractivity contribution in [2.24, 2.45) is 5.92 Å². The Hall–Kier alpha value is -0.820. The molecule has 0 saturated heterocycles. The number of hydrogen-bond donors (Lipinski definition) is 1. The van der Waals surface area contributed by atoms with E-state index < -0.39 is 0 Å². The highest BCUT2D eigenvalue weighted by molar-refractivity contribution is 5.35. The van der Waals surface area contributed by atoms with Crippen LogP contribution in [-0.4, -0.2) is 11.7 Å². The molecule has 0 amide bonds. The molecule has 0 heterocycles. The Morgan fingerprint density at radius 2 is 2.23 bits per heavy atom. The monoisotopic (exact) mass is 176 g/mol. The van der Waals surface area contributed by atoms with Crippen LogP contribution in [0.3, 0.4) is 0 Å². The first-order valence-electron chi connectivity index (χ1n) is 5.01. The summed E-state index contributed by atoms with van der Waals surface area (Å²) in [6.07, 6.45) is 2.40. The van der Waals surface area contributed by atoms with Crippen molar-refractivity contribution in [2.45, 2.75) is 25.7 Å². The van der Waals surface area contributed by atoms with E-state index in [1.165, 1.54) is 24.0 Å². The zero-order valence-electron chi connectivity index (χ0n) is 8.03. The second-order valence-electron chi connectivity index (χ2n) is 4.00. The Balaban J connectivity index is 2.28. The van der Waals surface area contributed by atoms with Gasteiger partial charge in [0.2, 0.25) is 0 Å². The Bertz CT molecular complexity index is 293. The molecule has 1 N–H and O–H groups in total. The van der Waals surface area contributed by atoms with Gasteiger partial charge in [-0.3, -0.25) is 0 Å². The fraction of sp³-hybridized carbons (Fsp3) is 0.500. The number of benzene rings is 1. The van der Waals surface area contributed by atoms with Crippen LogP contribution in [0.5, 0.6) is 0 Å². The summed E-state index contributed by atoms with van der Waals surface area (Å²) in [5, 5.41) is 9.12. The highest BCUT2D eigenvalue weighted by Gasteiger charge is 2.25. The summed E-state index contributed by atoms with van der Waals surface area (Å²) in [7, 11) is 0. The van der Waals surface area contributed by atoms with Gasteiger partial charge in [-0.05, 0) is 35.8 Å². The van der Waals surface area contributed by atoms with Gasteiger partial charge < -0.3 is 5.11 Å². The van der Waals surface area contributed by atoms with Crippen molar-refractivity contribution in [1.29, 1.82) is 0 Å². The molecule has 1 aliphatic carbocycles. The standard InChI is InChI=1S/C12H16O/c1-9(8-13)11-7-6-10-4-2-3-5-12(10)11/h2-5,9,11,13H,6-8H2,1H3/t9-,11?/m0/s1. The van der Waals surface area contributed by atoms with Crippen molar-refractivity contribution in [3.63, 3.8) is 0 Å². The van der Waals surface area contributed by atoms with Crippen LogP contribution in [0, 0.1) is 5.92 Å². The molecular weight excluding hydrogens is 160 g/mol. The highest BCUT2D eigenvalue weighted by atomic mass is 16.3. The van der Waals surface area contributed by atoms with Gasteiger partial charge in [-0.1, -0.05) is 31.2 Å². The van der Waals surface area contributed by atoms with Gasteiger partial charge in [0.05, 0.1) is 0 Å². The Morgan fingerprint density at radius 1 is 1.46 bits per heavy atom. The van der Waals surface area contributed by atoms with Crippen LogP contribution in [0.4, 0.5) is 0 Å². The Morgan fingerprint density at radius 3 is 3.00 bits per heavy atom. The molecule has 1 aliphatic rings. The number of aryl methyl sites for hydroxylation is 1. The average molecular weight is 176 g/mol. The van der Waals surface area contributed by atoms with Crippen LogP contribution >= 0.6 is 0 Å². The lowest BCUT2D eigenvalue weighted by Gasteiger charge is -2.17. The number of rotatable bonds is 2. The molecule has 0 aromatic heterocycles. The minimum atomic E-state index is 0.305. The maximum Gasteiger partial charge on any atom is 0.0462 e. The lowest BCUT2D eigenvalue weighted by molar-refractivity contribution is 0.215. The zero-order chi connectivity index (χ0) is 9.26. The number of aliphatic hydroxyl groups excluding tert-OH is 1. The van der Waals surface area contributed by atoms with Crippen LogP contribution in [0.2, 0.25) is 0 Å². The molecule has 1 unspecified atom stereocenters. The maximum absolute atomic E-state index is 9.12. The van der Waals surface area contributed by atoms with E-state index >= 15 is 0 Å². The van der Waals surface area contributed by atoms with Crippen LogP contribution in [0.25, 0.3) is 0 Å². The summed E-state index contributed by atoms with van der Waals surface area (Å²) in [4.78, 5) is 0. The minimum absolute atomic E-state index is 0.305. The third-order valence-electron chi connectivity index (χ3n) is 3.15. The van der Waals surface area contributed by atoms with E-state index in [-0.39, 0.29) is 0 Å². The van der Waals surface area contributed by atoms with Gasteiger partial charge >= 0.3 is 0 Å². The first kappa shape index (κ1) is 8.76. The van der Waals surface area contributed by atoms with E-state index in [0.29, 0.717) is 18.4 Å². The van der Waals surface area contributed by atoms with Crippen LogP contribution < -0.4 is 0 Å². The largest absolute Gasteiger partial charge is 0.396 e. The van der Waals surface area contributed by atoms with Crippen molar-refractivity contribution in [2.75, 3.05) is 6.61 Å². The first-order valence-corrected chi connectivity index (χ1v) is 5.01. The molecule has 1 nitrogen and oxygen atoms in total. The minimum Gasteiger partial charge on any atom is -0.396 e. The third-order valence-corrected chi connectivity index (χ3v) is 3.15. The summed E-state index contributed by atoms with van der Waals surface area (Å²) in [5.41, 5.74) is 2.94. The second-order valence-corrected chi connectivity index (χ2v) is 4.00. The van der Waals surface area contributed by atoms with Gasteiger partial charge in [-0.2, -0.15) is 0 Å².